The van der Waals surface area contributed by atoms with Crippen LogP contribution in [-0.2, 0) is 0 Å². The van der Waals surface area contributed by atoms with Crippen molar-refractivity contribution in [2.75, 3.05) is 26.2 Å². The van der Waals surface area contributed by atoms with Crippen LogP contribution in [0.25, 0.3) is 0 Å². The number of aliphatic hydroxyl groups is 3. The van der Waals surface area contributed by atoms with Crippen molar-refractivity contribution in [1.82, 2.24) is 4.90 Å². The number of rotatable bonds is 0. The van der Waals surface area contributed by atoms with Gasteiger partial charge in [0.1, 0.15) is 12.2 Å². The minimum atomic E-state index is -0.922. The lowest BCUT2D eigenvalue weighted by Gasteiger charge is -2.58. The molecule has 210 valence electrons. The molecule has 0 amide bonds. The zero-order valence-electron chi connectivity index (χ0n) is 23.3. The van der Waals surface area contributed by atoms with E-state index in [0.29, 0.717) is 16.3 Å². The Morgan fingerprint density at radius 3 is 2.47 bits per heavy atom. The highest BCUT2D eigenvalue weighted by molar-refractivity contribution is 5.28. The summed E-state index contributed by atoms with van der Waals surface area (Å²) in [6.45, 7) is 3.96. The van der Waals surface area contributed by atoms with Crippen molar-refractivity contribution in [2.24, 2.45) is 17.3 Å². The fraction of sp³-hybridized carbons (Fsp3) is 0.758. The Morgan fingerprint density at radius 1 is 0.789 bits per heavy atom. The number of piperidine rings is 2. The first kappa shape index (κ1) is 27.0. The van der Waals surface area contributed by atoms with Crippen molar-refractivity contribution in [3.63, 3.8) is 0 Å². The molecule has 7 unspecified atom stereocenters. The Morgan fingerprint density at radius 2 is 1.58 bits per heavy atom. The fourth-order valence-corrected chi connectivity index (χ4v) is 10.6. The molecule has 0 aromatic carbocycles. The van der Waals surface area contributed by atoms with Gasteiger partial charge in [-0.05, 0) is 70.9 Å². The molecule has 0 aromatic rings. The molecule has 0 aromatic heterocycles. The van der Waals surface area contributed by atoms with Gasteiger partial charge in [0.05, 0.1) is 24.5 Å². The van der Waals surface area contributed by atoms with Crippen molar-refractivity contribution >= 4 is 0 Å². The van der Waals surface area contributed by atoms with E-state index in [1.807, 2.05) is 12.2 Å². The van der Waals surface area contributed by atoms with Crippen LogP contribution in [0.5, 0.6) is 0 Å². The lowest BCUT2D eigenvalue weighted by atomic mass is 9.52. The van der Waals surface area contributed by atoms with E-state index in [2.05, 4.69) is 35.3 Å². The van der Waals surface area contributed by atoms with Crippen LogP contribution in [0.4, 0.5) is 0 Å². The first-order valence-corrected chi connectivity index (χ1v) is 15.9. The second-order valence-electron chi connectivity index (χ2n) is 13.4. The van der Waals surface area contributed by atoms with Crippen LogP contribution in [0.3, 0.4) is 0 Å². The van der Waals surface area contributed by atoms with E-state index >= 15 is 0 Å². The van der Waals surface area contributed by atoms with Crippen LogP contribution >= 0.6 is 0 Å². The highest BCUT2D eigenvalue weighted by Crippen LogP contribution is 2.73. The van der Waals surface area contributed by atoms with Gasteiger partial charge in [-0.25, -0.2) is 0 Å². The maximum Gasteiger partial charge on any atom is 0.198 e. The number of quaternary nitrogens is 1. The topological polar surface area (TPSA) is 63.9 Å². The van der Waals surface area contributed by atoms with Gasteiger partial charge in [-0.2, -0.15) is 0 Å². The summed E-state index contributed by atoms with van der Waals surface area (Å²) >= 11 is 0. The minimum Gasteiger partial charge on any atom is -0.386 e. The van der Waals surface area contributed by atoms with Crippen molar-refractivity contribution in [3.8, 4) is 0 Å². The van der Waals surface area contributed by atoms with Crippen molar-refractivity contribution in [2.45, 2.75) is 113 Å². The molecule has 1 saturated carbocycles. The second kappa shape index (κ2) is 11.0. The quantitative estimate of drug-likeness (QED) is 0.314. The predicted molar refractivity (Wildman–Crippen MR) is 152 cm³/mol. The number of nitrogens with zero attached hydrogens (tertiary/aromatic N) is 2. The summed E-state index contributed by atoms with van der Waals surface area (Å²) in [5, 5.41) is 36.6. The zero-order chi connectivity index (χ0) is 26.2. The van der Waals surface area contributed by atoms with Gasteiger partial charge in [-0.15, -0.1) is 0 Å². The average molecular weight is 524 g/mol. The molecule has 5 nitrogen and oxygen atoms in total. The molecule has 7 rings (SSSR count). The average Bonchev–Trinajstić information content (AvgIpc) is 3.20. The highest BCUT2D eigenvalue weighted by atomic mass is 16.3. The Balaban J connectivity index is 1.47. The largest absolute Gasteiger partial charge is 0.386 e. The SMILES string of the molecule is OC1C23CCCCCC/C=C\CCCN4CCC5C(C2)C[N+]12CCC/C=C\C/C=C\C=C/[C@H](O)[C@@H](O)C52C43. The Bertz CT molecular complexity index is 960. The molecule has 6 bridgehead atoms. The molecule has 5 heteroatoms. The summed E-state index contributed by atoms with van der Waals surface area (Å²) in [6, 6.07) is 0.131. The monoisotopic (exact) mass is 523 g/mol. The summed E-state index contributed by atoms with van der Waals surface area (Å²) in [4.78, 5) is 2.70. The van der Waals surface area contributed by atoms with Crippen LogP contribution in [0, 0.1) is 17.3 Å². The first-order chi connectivity index (χ1) is 18.6. The lowest BCUT2D eigenvalue weighted by Crippen LogP contribution is -2.77. The van der Waals surface area contributed by atoms with Gasteiger partial charge in [-0.3, -0.25) is 9.38 Å². The van der Waals surface area contributed by atoms with Gasteiger partial charge in [-0.1, -0.05) is 67.9 Å². The molecule has 1 aliphatic carbocycles. The highest BCUT2D eigenvalue weighted by Gasteiger charge is 2.89. The fourth-order valence-electron chi connectivity index (χ4n) is 10.6. The van der Waals surface area contributed by atoms with E-state index in [1.165, 1.54) is 25.7 Å². The minimum absolute atomic E-state index is 0.131. The van der Waals surface area contributed by atoms with Crippen LogP contribution < -0.4 is 0 Å². The summed E-state index contributed by atoms with van der Waals surface area (Å²) in [7, 11) is 0. The van der Waals surface area contributed by atoms with Gasteiger partial charge in [0, 0.05) is 18.3 Å². The third-order valence-electron chi connectivity index (χ3n) is 11.7. The first-order valence-electron chi connectivity index (χ1n) is 15.9. The van der Waals surface area contributed by atoms with E-state index in [4.69, 9.17) is 0 Å². The Kier molecular flexibility index (Phi) is 7.78. The summed E-state index contributed by atoms with van der Waals surface area (Å²) in [5.41, 5.74) is -0.692. The van der Waals surface area contributed by atoms with E-state index in [-0.39, 0.29) is 11.5 Å². The second-order valence-corrected chi connectivity index (χ2v) is 13.4. The molecule has 0 radical (unpaired) electrons. The molecule has 3 spiro atoms. The van der Waals surface area contributed by atoms with Crippen LogP contribution in [0.1, 0.15) is 83.5 Å². The van der Waals surface area contributed by atoms with Gasteiger partial charge < -0.3 is 15.3 Å². The molecule has 6 aliphatic heterocycles. The Hall–Kier alpha value is -1.24. The molecule has 38 heavy (non-hydrogen) atoms. The summed E-state index contributed by atoms with van der Waals surface area (Å²) in [6.07, 6.45) is 29.3. The predicted octanol–water partition coefficient (Wildman–Crippen LogP) is 4.85. The van der Waals surface area contributed by atoms with Gasteiger partial charge in [0.15, 0.2) is 11.8 Å². The number of allylic oxidation sites excluding steroid dienone is 7. The maximum atomic E-state index is 12.6. The van der Waals surface area contributed by atoms with E-state index in [9.17, 15) is 15.3 Å². The smallest absolute Gasteiger partial charge is 0.198 e. The molecular formula is C33H51N2O3+. The van der Waals surface area contributed by atoms with E-state index in [0.717, 1.165) is 84.0 Å². The third-order valence-corrected chi connectivity index (χ3v) is 11.7. The molecule has 4 saturated heterocycles. The van der Waals surface area contributed by atoms with E-state index in [1.54, 1.807) is 6.08 Å². The molecule has 6 heterocycles. The van der Waals surface area contributed by atoms with Gasteiger partial charge in [0.25, 0.3) is 0 Å². The maximum absolute atomic E-state index is 12.6. The Labute approximate surface area is 230 Å². The molecule has 9 atom stereocenters. The van der Waals surface area contributed by atoms with E-state index < -0.39 is 24.0 Å². The lowest BCUT2D eigenvalue weighted by molar-refractivity contribution is -1.00. The van der Waals surface area contributed by atoms with Crippen LogP contribution in [-0.4, -0.2) is 80.9 Å². The number of aliphatic hydroxyl groups excluding tert-OH is 3. The van der Waals surface area contributed by atoms with Gasteiger partial charge in [0.2, 0.25) is 0 Å². The normalized spacial score (nSPS) is 51.3. The van der Waals surface area contributed by atoms with Crippen LogP contribution in [0.2, 0.25) is 0 Å². The molecule has 7 aliphatic rings. The molecule has 5 fully saturated rings. The zero-order valence-corrected chi connectivity index (χ0v) is 23.3. The van der Waals surface area contributed by atoms with Gasteiger partial charge >= 0.3 is 0 Å². The summed E-state index contributed by atoms with van der Waals surface area (Å²) in [5.74, 6) is 0.903. The van der Waals surface area contributed by atoms with Crippen molar-refractivity contribution in [1.29, 1.82) is 0 Å². The summed E-state index contributed by atoms with van der Waals surface area (Å²) < 4.78 is 0.624. The van der Waals surface area contributed by atoms with Crippen molar-refractivity contribution in [3.05, 3.63) is 48.6 Å². The molecular weight excluding hydrogens is 472 g/mol. The van der Waals surface area contributed by atoms with Crippen LogP contribution in [0.15, 0.2) is 48.6 Å². The number of hydrogen-bond donors (Lipinski definition) is 3. The standard InChI is InChI=1S/C33H51N2O3/c36-28-18-14-10-6-2-5-9-13-17-23-35-25-26-24-32(31(35)38)20-15-11-7-3-1-4-8-12-16-21-34-22-19-27(26)33(35,29(28)37)30(32)34/h4-6,8-10,14,18,26-31,36-38H,1-3,7,11-13,15-17,19-25H2/q+1/b8-4-,9-5-,10-6-,18-14-/t26?,27?,28-,29+,30?,31?,32?,33?,35?/m0/s1. The van der Waals surface area contributed by atoms with Crippen molar-refractivity contribution < 1.29 is 19.8 Å². The third kappa shape index (κ3) is 3.98. The molecule has 3 N–H and O–H groups in total. The number of hydrogen-bond acceptors (Lipinski definition) is 4.